The predicted octanol–water partition coefficient (Wildman–Crippen LogP) is 4.59. The fourth-order valence-electron chi connectivity index (χ4n) is 2.84. The molecule has 0 aliphatic heterocycles. The monoisotopic (exact) mass is 368 g/mol. The normalized spacial score (nSPS) is 10.8. The van der Waals surface area contributed by atoms with Crippen molar-refractivity contribution >= 4 is 17.8 Å². The van der Waals surface area contributed by atoms with Gasteiger partial charge >= 0.3 is 0 Å². The number of hydrogen-bond acceptors (Lipinski definition) is 4. The zero-order valence-corrected chi connectivity index (χ0v) is 16.4. The SMILES string of the molecule is CCCCCc1ccccc1OCc1ccccc1N(C)C(=O)C=NOC. The van der Waals surface area contributed by atoms with Crippen LogP contribution < -0.4 is 9.64 Å². The van der Waals surface area contributed by atoms with Crippen LogP contribution in [0.5, 0.6) is 5.75 Å². The van der Waals surface area contributed by atoms with Gasteiger partial charge in [0.15, 0.2) is 0 Å². The van der Waals surface area contributed by atoms with Crippen molar-refractivity contribution in [2.24, 2.45) is 5.16 Å². The van der Waals surface area contributed by atoms with Crippen molar-refractivity contribution in [3.8, 4) is 5.75 Å². The third kappa shape index (κ3) is 6.13. The summed E-state index contributed by atoms with van der Waals surface area (Å²) in [6.45, 7) is 2.59. The van der Waals surface area contributed by atoms with Gasteiger partial charge in [0.25, 0.3) is 5.91 Å². The molecule has 5 nitrogen and oxygen atoms in total. The molecule has 0 atom stereocenters. The fraction of sp³-hybridized carbons (Fsp3) is 0.364. The van der Waals surface area contributed by atoms with Crippen LogP contribution in [0, 0.1) is 0 Å². The lowest BCUT2D eigenvalue weighted by atomic mass is 10.1. The van der Waals surface area contributed by atoms with Gasteiger partial charge in [-0.15, -0.1) is 0 Å². The number of aryl methyl sites for hydroxylation is 1. The zero-order valence-electron chi connectivity index (χ0n) is 16.4. The summed E-state index contributed by atoms with van der Waals surface area (Å²) in [5.74, 6) is 0.641. The number of carbonyl (C=O) groups excluding carboxylic acids is 1. The van der Waals surface area contributed by atoms with E-state index in [9.17, 15) is 4.79 Å². The van der Waals surface area contributed by atoms with Crippen molar-refractivity contribution in [2.75, 3.05) is 19.1 Å². The van der Waals surface area contributed by atoms with E-state index in [0.717, 1.165) is 36.1 Å². The van der Waals surface area contributed by atoms with Crippen molar-refractivity contribution in [3.05, 3.63) is 59.7 Å². The molecular weight excluding hydrogens is 340 g/mol. The molecule has 0 fully saturated rings. The largest absolute Gasteiger partial charge is 0.489 e. The first-order chi connectivity index (χ1) is 13.2. The second-order valence-electron chi connectivity index (χ2n) is 6.30. The Labute approximate surface area is 161 Å². The highest BCUT2D eigenvalue weighted by atomic mass is 16.6. The van der Waals surface area contributed by atoms with Gasteiger partial charge < -0.3 is 14.5 Å². The molecule has 0 aliphatic carbocycles. The number of oxime groups is 1. The van der Waals surface area contributed by atoms with E-state index in [4.69, 9.17) is 4.74 Å². The highest BCUT2D eigenvalue weighted by molar-refractivity contribution is 6.32. The van der Waals surface area contributed by atoms with Crippen LogP contribution in [0.3, 0.4) is 0 Å². The Balaban J connectivity index is 2.11. The van der Waals surface area contributed by atoms with Crippen LogP contribution in [0.2, 0.25) is 0 Å². The van der Waals surface area contributed by atoms with E-state index in [2.05, 4.69) is 23.0 Å². The molecule has 27 heavy (non-hydrogen) atoms. The maximum atomic E-state index is 12.2. The number of benzene rings is 2. The van der Waals surface area contributed by atoms with Gasteiger partial charge in [-0.2, -0.15) is 0 Å². The molecule has 0 unspecified atom stereocenters. The Morgan fingerprint density at radius 2 is 1.78 bits per heavy atom. The van der Waals surface area contributed by atoms with Crippen LogP contribution in [0.1, 0.15) is 37.3 Å². The Bertz CT molecular complexity index is 759. The van der Waals surface area contributed by atoms with Gasteiger partial charge in [-0.05, 0) is 30.5 Å². The van der Waals surface area contributed by atoms with Crippen LogP contribution in [-0.4, -0.2) is 26.3 Å². The van der Waals surface area contributed by atoms with Crippen LogP contribution in [0.25, 0.3) is 0 Å². The summed E-state index contributed by atoms with van der Waals surface area (Å²) in [6, 6.07) is 15.9. The van der Waals surface area contributed by atoms with E-state index in [1.807, 2.05) is 42.5 Å². The molecule has 0 heterocycles. The summed E-state index contributed by atoms with van der Waals surface area (Å²) in [6.07, 6.45) is 5.73. The van der Waals surface area contributed by atoms with E-state index >= 15 is 0 Å². The number of ether oxygens (including phenoxy) is 1. The minimum Gasteiger partial charge on any atom is -0.489 e. The second-order valence-corrected chi connectivity index (χ2v) is 6.30. The Hall–Kier alpha value is -2.82. The molecule has 1 amide bonds. The summed E-state index contributed by atoms with van der Waals surface area (Å²) in [5, 5.41) is 3.54. The maximum absolute atomic E-state index is 12.2. The molecule has 144 valence electrons. The molecule has 0 spiro atoms. The molecule has 0 N–H and O–H groups in total. The Kier molecular flexibility index (Phi) is 8.36. The van der Waals surface area contributed by atoms with E-state index in [-0.39, 0.29) is 5.91 Å². The van der Waals surface area contributed by atoms with Gasteiger partial charge in [0.2, 0.25) is 0 Å². The predicted molar refractivity (Wildman–Crippen MR) is 109 cm³/mol. The highest BCUT2D eigenvalue weighted by Gasteiger charge is 2.13. The maximum Gasteiger partial charge on any atom is 0.272 e. The third-order valence-electron chi connectivity index (χ3n) is 4.36. The average Bonchev–Trinajstić information content (AvgIpc) is 2.71. The molecule has 0 saturated heterocycles. The van der Waals surface area contributed by atoms with E-state index in [1.54, 1.807) is 7.05 Å². The van der Waals surface area contributed by atoms with Gasteiger partial charge in [-0.25, -0.2) is 0 Å². The van der Waals surface area contributed by atoms with Gasteiger partial charge in [0, 0.05) is 12.6 Å². The highest BCUT2D eigenvalue weighted by Crippen LogP contribution is 2.25. The number of unbranched alkanes of at least 4 members (excludes halogenated alkanes) is 2. The number of rotatable bonds is 10. The summed E-state index contributed by atoms with van der Waals surface area (Å²) in [4.78, 5) is 18.3. The van der Waals surface area contributed by atoms with Crippen molar-refractivity contribution in [1.82, 2.24) is 0 Å². The molecule has 2 rings (SSSR count). The molecule has 0 aliphatic rings. The molecule has 0 radical (unpaired) electrons. The number of para-hydroxylation sites is 2. The minimum absolute atomic E-state index is 0.260. The molecule has 2 aromatic rings. The molecule has 0 aromatic heterocycles. The van der Waals surface area contributed by atoms with Crippen LogP contribution in [0.4, 0.5) is 5.69 Å². The van der Waals surface area contributed by atoms with Gasteiger partial charge in [-0.1, -0.05) is 61.3 Å². The van der Waals surface area contributed by atoms with Crippen molar-refractivity contribution in [1.29, 1.82) is 0 Å². The Morgan fingerprint density at radius 3 is 2.52 bits per heavy atom. The van der Waals surface area contributed by atoms with Crippen LogP contribution in [-0.2, 0) is 22.7 Å². The van der Waals surface area contributed by atoms with Gasteiger partial charge in [0.1, 0.15) is 25.7 Å². The minimum atomic E-state index is -0.260. The smallest absolute Gasteiger partial charge is 0.272 e. The van der Waals surface area contributed by atoms with Gasteiger partial charge in [-0.3, -0.25) is 4.79 Å². The number of nitrogens with zero attached hydrogens (tertiary/aromatic N) is 2. The Morgan fingerprint density at radius 1 is 1.07 bits per heavy atom. The number of hydrogen-bond donors (Lipinski definition) is 0. The van der Waals surface area contributed by atoms with Crippen molar-refractivity contribution < 1.29 is 14.4 Å². The standard InChI is InChI=1S/C22H28N2O3/c1-4-5-6-11-18-12-8-10-15-21(18)27-17-19-13-7-9-14-20(19)24(2)22(25)16-23-26-3/h7-10,12-16H,4-6,11,17H2,1-3H3. The first-order valence-corrected chi connectivity index (χ1v) is 9.30. The molecule has 0 saturated carbocycles. The van der Waals surface area contributed by atoms with Crippen LogP contribution in [0.15, 0.2) is 53.7 Å². The molecule has 5 heteroatoms. The summed E-state index contributed by atoms with van der Waals surface area (Å²) in [7, 11) is 3.12. The van der Waals surface area contributed by atoms with E-state index < -0.39 is 0 Å². The lowest BCUT2D eigenvalue weighted by molar-refractivity contribution is -0.112. The zero-order chi connectivity index (χ0) is 19.5. The summed E-state index contributed by atoms with van der Waals surface area (Å²) >= 11 is 0. The summed E-state index contributed by atoms with van der Waals surface area (Å²) < 4.78 is 6.11. The van der Waals surface area contributed by atoms with Gasteiger partial charge in [0.05, 0.1) is 5.69 Å². The quantitative estimate of drug-likeness (QED) is 0.350. The number of anilines is 1. The lowest BCUT2D eigenvalue weighted by Gasteiger charge is -2.19. The second kappa shape index (κ2) is 11.0. The number of carbonyl (C=O) groups is 1. The van der Waals surface area contributed by atoms with Crippen molar-refractivity contribution in [2.45, 2.75) is 39.2 Å². The average molecular weight is 368 g/mol. The molecular formula is C22H28N2O3. The topological polar surface area (TPSA) is 51.1 Å². The fourth-order valence-corrected chi connectivity index (χ4v) is 2.84. The molecule has 2 aromatic carbocycles. The first kappa shape index (κ1) is 20.5. The number of amides is 1. The lowest BCUT2D eigenvalue weighted by Crippen LogP contribution is -2.28. The molecule has 0 bridgehead atoms. The third-order valence-corrected chi connectivity index (χ3v) is 4.36. The van der Waals surface area contributed by atoms with Crippen LogP contribution >= 0.6 is 0 Å². The first-order valence-electron chi connectivity index (χ1n) is 9.30. The van der Waals surface area contributed by atoms with Crippen molar-refractivity contribution in [3.63, 3.8) is 0 Å². The van der Waals surface area contributed by atoms with E-state index in [0.29, 0.717) is 6.61 Å². The summed E-state index contributed by atoms with van der Waals surface area (Å²) in [5.41, 5.74) is 2.94. The van der Waals surface area contributed by atoms with E-state index in [1.165, 1.54) is 30.4 Å².